The summed E-state index contributed by atoms with van der Waals surface area (Å²) in [6, 6.07) is 4.45. The van der Waals surface area contributed by atoms with Crippen molar-refractivity contribution < 1.29 is 8.42 Å². The predicted molar refractivity (Wildman–Crippen MR) is 127 cm³/mol. The van der Waals surface area contributed by atoms with Crippen molar-refractivity contribution in [2.75, 3.05) is 13.6 Å². The summed E-state index contributed by atoms with van der Waals surface area (Å²) in [7, 11) is -1.88. The van der Waals surface area contributed by atoms with Crippen molar-refractivity contribution in [1.82, 2.24) is 4.31 Å². The summed E-state index contributed by atoms with van der Waals surface area (Å²) in [5.74, 6) is 0. The van der Waals surface area contributed by atoms with E-state index in [1.54, 1.807) is 7.05 Å². The van der Waals surface area contributed by atoms with Crippen molar-refractivity contribution in [2.24, 2.45) is 0 Å². The highest BCUT2D eigenvalue weighted by Gasteiger charge is 2.21. The molecule has 0 aliphatic heterocycles. The molecule has 0 aliphatic rings. The Morgan fingerprint density at radius 2 is 1.17 bits per heavy atom. The van der Waals surface area contributed by atoms with Gasteiger partial charge in [0.15, 0.2) is 0 Å². The van der Waals surface area contributed by atoms with E-state index in [0.717, 1.165) is 12.8 Å². The van der Waals surface area contributed by atoms with Crippen LogP contribution in [-0.2, 0) is 10.0 Å². The van der Waals surface area contributed by atoms with Crippen molar-refractivity contribution >= 4 is 33.2 Å². The minimum Gasteiger partial charge on any atom is -0.207 e. The number of sulfonamides is 1. The van der Waals surface area contributed by atoms with Crippen LogP contribution in [0.5, 0.6) is 0 Å². The maximum Gasteiger partial charge on any atom is 0.242 e. The number of rotatable bonds is 17. The molecule has 0 spiro atoms. The minimum absolute atomic E-state index is 0.194. The number of hydrogen-bond acceptors (Lipinski definition) is 2. The molecule has 0 aliphatic carbocycles. The zero-order valence-electron chi connectivity index (χ0n) is 18.3. The van der Waals surface area contributed by atoms with Gasteiger partial charge in [0.25, 0.3) is 0 Å². The molecular weight excluding hydrogens is 425 g/mol. The van der Waals surface area contributed by atoms with Crippen molar-refractivity contribution in [3.63, 3.8) is 0 Å². The molecule has 0 fully saturated rings. The highest BCUT2D eigenvalue weighted by Crippen LogP contribution is 2.26. The Balaban J connectivity index is 2.06. The van der Waals surface area contributed by atoms with Gasteiger partial charge in [-0.25, -0.2) is 12.7 Å². The van der Waals surface area contributed by atoms with Gasteiger partial charge in [0.05, 0.1) is 14.9 Å². The molecule has 0 heterocycles. The standard InChI is InChI=1S/C23H39Cl2NO2S/c1-3-4-5-6-7-8-9-10-11-12-13-14-15-16-19-26(2)29(27,28)21-17-18-22(24)23(25)20-21/h17-18,20H,3-16,19H2,1-2H3. The van der Waals surface area contributed by atoms with Crippen LogP contribution >= 0.6 is 23.2 Å². The molecule has 0 aromatic heterocycles. The number of hydrogen-bond donors (Lipinski definition) is 0. The zero-order valence-corrected chi connectivity index (χ0v) is 20.6. The first-order chi connectivity index (χ1) is 13.9. The van der Waals surface area contributed by atoms with E-state index in [1.165, 1.54) is 99.6 Å². The molecule has 0 saturated heterocycles. The topological polar surface area (TPSA) is 37.4 Å². The molecule has 29 heavy (non-hydrogen) atoms. The zero-order chi connectivity index (χ0) is 21.5. The monoisotopic (exact) mass is 463 g/mol. The second kappa shape index (κ2) is 15.5. The Kier molecular flexibility index (Phi) is 14.3. The molecule has 1 aromatic rings. The normalized spacial score (nSPS) is 12.0. The number of halogens is 2. The Labute approximate surface area is 189 Å². The Hall–Kier alpha value is -0.290. The third kappa shape index (κ3) is 11.1. The van der Waals surface area contributed by atoms with Gasteiger partial charge in [-0.05, 0) is 24.6 Å². The summed E-state index contributed by atoms with van der Waals surface area (Å²) >= 11 is 11.8. The molecule has 0 N–H and O–H groups in total. The van der Waals surface area contributed by atoms with Gasteiger partial charge >= 0.3 is 0 Å². The summed E-state index contributed by atoms with van der Waals surface area (Å²) in [4.78, 5) is 0.194. The van der Waals surface area contributed by atoms with E-state index >= 15 is 0 Å². The van der Waals surface area contributed by atoms with Crippen LogP contribution in [-0.4, -0.2) is 26.3 Å². The number of nitrogens with zero attached hydrogens (tertiary/aromatic N) is 1. The first-order valence-corrected chi connectivity index (χ1v) is 13.5. The quantitative estimate of drug-likeness (QED) is 0.218. The van der Waals surface area contributed by atoms with Crippen LogP contribution in [0.25, 0.3) is 0 Å². The van der Waals surface area contributed by atoms with E-state index < -0.39 is 10.0 Å². The van der Waals surface area contributed by atoms with E-state index in [1.807, 2.05) is 0 Å². The van der Waals surface area contributed by atoms with Crippen LogP contribution in [0.3, 0.4) is 0 Å². The summed E-state index contributed by atoms with van der Waals surface area (Å²) in [6.45, 7) is 2.79. The van der Waals surface area contributed by atoms with Crippen LogP contribution in [0.1, 0.15) is 96.8 Å². The summed E-state index contributed by atoms with van der Waals surface area (Å²) in [5, 5.41) is 0.623. The molecule has 6 heteroatoms. The maximum atomic E-state index is 12.6. The number of unbranched alkanes of at least 4 members (excludes halogenated alkanes) is 13. The second-order valence-corrected chi connectivity index (χ2v) is 10.9. The van der Waals surface area contributed by atoms with Crippen LogP contribution in [0.2, 0.25) is 10.0 Å². The predicted octanol–water partition coefficient (Wildman–Crippen LogP) is 8.10. The Morgan fingerprint density at radius 3 is 1.62 bits per heavy atom. The lowest BCUT2D eigenvalue weighted by Crippen LogP contribution is -2.28. The summed E-state index contributed by atoms with van der Waals surface area (Å²) < 4.78 is 26.6. The smallest absolute Gasteiger partial charge is 0.207 e. The van der Waals surface area contributed by atoms with Crippen molar-refractivity contribution in [2.45, 2.75) is 102 Å². The van der Waals surface area contributed by atoms with Crippen LogP contribution < -0.4 is 0 Å². The molecular formula is C23H39Cl2NO2S. The molecule has 1 aromatic carbocycles. The van der Waals surface area contributed by atoms with Crippen molar-refractivity contribution in [3.8, 4) is 0 Å². The van der Waals surface area contributed by atoms with E-state index in [2.05, 4.69) is 6.92 Å². The largest absolute Gasteiger partial charge is 0.242 e. The van der Waals surface area contributed by atoms with Gasteiger partial charge in [0.1, 0.15) is 0 Å². The molecule has 1 rings (SSSR count). The molecule has 168 valence electrons. The van der Waals surface area contributed by atoms with Gasteiger partial charge in [0.2, 0.25) is 10.0 Å². The fourth-order valence-electron chi connectivity index (χ4n) is 3.47. The van der Waals surface area contributed by atoms with Crippen LogP contribution in [0.15, 0.2) is 23.1 Å². The highest BCUT2D eigenvalue weighted by atomic mass is 35.5. The first-order valence-electron chi connectivity index (χ1n) is 11.3. The lowest BCUT2D eigenvalue weighted by molar-refractivity contribution is 0.447. The molecule has 0 amide bonds. The molecule has 3 nitrogen and oxygen atoms in total. The van der Waals surface area contributed by atoms with Crippen molar-refractivity contribution in [3.05, 3.63) is 28.2 Å². The van der Waals surface area contributed by atoms with Crippen LogP contribution in [0.4, 0.5) is 0 Å². The maximum absolute atomic E-state index is 12.6. The third-order valence-corrected chi connectivity index (χ3v) is 8.02. The average molecular weight is 465 g/mol. The lowest BCUT2D eigenvalue weighted by Gasteiger charge is -2.17. The molecule has 0 saturated carbocycles. The SMILES string of the molecule is CCCCCCCCCCCCCCCCN(C)S(=O)(=O)c1ccc(Cl)c(Cl)c1. The van der Waals surface area contributed by atoms with E-state index in [-0.39, 0.29) is 9.92 Å². The molecule has 0 radical (unpaired) electrons. The van der Waals surface area contributed by atoms with Gasteiger partial charge in [-0.15, -0.1) is 0 Å². The lowest BCUT2D eigenvalue weighted by atomic mass is 10.0. The fourth-order valence-corrected chi connectivity index (χ4v) is 5.07. The van der Waals surface area contributed by atoms with E-state index in [9.17, 15) is 8.42 Å². The fraction of sp³-hybridized carbons (Fsp3) is 0.739. The van der Waals surface area contributed by atoms with Gasteiger partial charge in [-0.2, -0.15) is 0 Å². The second-order valence-electron chi connectivity index (χ2n) is 8.00. The van der Waals surface area contributed by atoms with E-state index in [4.69, 9.17) is 23.2 Å². The minimum atomic E-state index is -3.51. The number of benzene rings is 1. The molecule has 0 unspecified atom stereocenters. The Morgan fingerprint density at radius 1 is 0.724 bits per heavy atom. The summed E-state index contributed by atoms with van der Waals surface area (Å²) in [5.41, 5.74) is 0. The third-order valence-electron chi connectivity index (χ3n) is 5.43. The first kappa shape index (κ1) is 26.7. The van der Waals surface area contributed by atoms with Gasteiger partial charge in [0, 0.05) is 13.6 Å². The summed E-state index contributed by atoms with van der Waals surface area (Å²) in [6.07, 6.45) is 18.1. The van der Waals surface area contributed by atoms with E-state index in [0.29, 0.717) is 11.6 Å². The van der Waals surface area contributed by atoms with Gasteiger partial charge < -0.3 is 0 Å². The molecule has 0 atom stereocenters. The van der Waals surface area contributed by atoms with Gasteiger partial charge in [-0.1, -0.05) is 114 Å². The van der Waals surface area contributed by atoms with Crippen molar-refractivity contribution in [1.29, 1.82) is 0 Å². The average Bonchev–Trinajstić information content (AvgIpc) is 2.70. The highest BCUT2D eigenvalue weighted by molar-refractivity contribution is 7.89. The molecule has 0 bridgehead atoms. The van der Waals surface area contributed by atoms with Gasteiger partial charge in [-0.3, -0.25) is 0 Å². The van der Waals surface area contributed by atoms with Crippen LogP contribution in [0, 0.1) is 0 Å². The Bertz CT molecular complexity index is 665.